The maximum atomic E-state index is 10.6. The molecule has 3 aromatic heterocycles. The van der Waals surface area contributed by atoms with Crippen molar-refractivity contribution in [1.82, 2.24) is 19.4 Å². The van der Waals surface area contributed by atoms with E-state index in [1.54, 1.807) is 12.4 Å². The minimum Gasteiger partial charge on any atom is -0.324 e. The molecule has 0 atom stereocenters. The zero-order valence-electron chi connectivity index (χ0n) is 13.3. The Morgan fingerprint density at radius 1 is 1.04 bits per heavy atom. The summed E-state index contributed by atoms with van der Waals surface area (Å²) in [6.45, 7) is 0. The van der Waals surface area contributed by atoms with Gasteiger partial charge in [0.2, 0.25) is 5.95 Å². The molecule has 0 aliphatic rings. The molecular weight excluding hydrogens is 314 g/mol. The molecule has 0 radical (unpaired) electrons. The van der Waals surface area contributed by atoms with Crippen molar-refractivity contribution in [3.05, 3.63) is 72.7 Å². The molecule has 4 aromatic rings. The second-order valence-corrected chi connectivity index (χ2v) is 5.53. The summed E-state index contributed by atoms with van der Waals surface area (Å²) in [5.41, 5.74) is 4.40. The number of nitrogens with zero attached hydrogens (tertiary/aromatic N) is 4. The number of nitrogens with one attached hydrogen (secondary N) is 1. The van der Waals surface area contributed by atoms with Gasteiger partial charge in [0.1, 0.15) is 11.9 Å². The van der Waals surface area contributed by atoms with Crippen molar-refractivity contribution in [1.29, 1.82) is 0 Å². The van der Waals surface area contributed by atoms with Crippen molar-refractivity contribution in [2.45, 2.75) is 6.42 Å². The number of imidazole rings is 1. The van der Waals surface area contributed by atoms with Crippen LogP contribution in [0.2, 0.25) is 0 Å². The number of rotatable bonds is 5. The van der Waals surface area contributed by atoms with Gasteiger partial charge in [-0.25, -0.2) is 15.0 Å². The van der Waals surface area contributed by atoms with E-state index in [2.05, 4.69) is 20.3 Å². The first-order valence-corrected chi connectivity index (χ1v) is 7.88. The molecule has 0 aliphatic heterocycles. The normalized spacial score (nSPS) is 10.7. The van der Waals surface area contributed by atoms with Crippen LogP contribution in [0.15, 0.2) is 67.1 Å². The number of benzene rings is 1. The molecule has 3 heterocycles. The largest absolute Gasteiger partial charge is 0.324 e. The quantitative estimate of drug-likeness (QED) is 0.569. The van der Waals surface area contributed by atoms with E-state index in [1.165, 1.54) is 0 Å². The van der Waals surface area contributed by atoms with Gasteiger partial charge >= 0.3 is 0 Å². The van der Waals surface area contributed by atoms with Gasteiger partial charge < -0.3 is 10.1 Å². The minimum atomic E-state index is 0.417. The Bertz CT molecular complexity index is 1020. The van der Waals surface area contributed by atoms with Crippen LogP contribution in [0.3, 0.4) is 0 Å². The third kappa shape index (κ3) is 3.10. The lowest BCUT2D eigenvalue weighted by Gasteiger charge is -2.07. The number of aromatic nitrogens is 4. The number of anilines is 2. The van der Waals surface area contributed by atoms with Crippen molar-refractivity contribution >= 4 is 23.6 Å². The molecular formula is C19H15N5O. The summed E-state index contributed by atoms with van der Waals surface area (Å²) in [6.07, 6.45) is 6.79. The monoisotopic (exact) mass is 329 g/mol. The van der Waals surface area contributed by atoms with Crippen LogP contribution >= 0.6 is 0 Å². The summed E-state index contributed by atoms with van der Waals surface area (Å²) in [6, 6.07) is 15.3. The number of hydrogen-bond donors (Lipinski definition) is 1. The van der Waals surface area contributed by atoms with Crippen LogP contribution in [0.4, 0.5) is 11.6 Å². The summed E-state index contributed by atoms with van der Waals surface area (Å²) in [5, 5.41) is 3.18. The lowest BCUT2D eigenvalue weighted by molar-refractivity contribution is -0.107. The maximum absolute atomic E-state index is 10.6. The fourth-order valence-electron chi connectivity index (χ4n) is 2.63. The van der Waals surface area contributed by atoms with Gasteiger partial charge in [-0.2, -0.15) is 0 Å². The van der Waals surface area contributed by atoms with E-state index in [-0.39, 0.29) is 0 Å². The van der Waals surface area contributed by atoms with Gasteiger partial charge in [0.25, 0.3) is 0 Å². The maximum Gasteiger partial charge on any atom is 0.227 e. The predicted octanol–water partition coefficient (Wildman–Crippen LogP) is 3.28. The lowest BCUT2D eigenvalue weighted by Crippen LogP contribution is -1.99. The van der Waals surface area contributed by atoms with Gasteiger partial charge in [-0.15, -0.1) is 0 Å². The van der Waals surface area contributed by atoms with Crippen molar-refractivity contribution in [3.8, 4) is 11.4 Å². The first-order valence-electron chi connectivity index (χ1n) is 7.88. The molecule has 6 nitrogen and oxygen atoms in total. The molecule has 0 aliphatic carbocycles. The van der Waals surface area contributed by atoms with Gasteiger partial charge in [0, 0.05) is 24.5 Å². The highest BCUT2D eigenvalue weighted by Crippen LogP contribution is 2.21. The van der Waals surface area contributed by atoms with Crippen LogP contribution in [0.1, 0.15) is 5.56 Å². The number of hydrogen-bond acceptors (Lipinski definition) is 5. The van der Waals surface area contributed by atoms with Gasteiger partial charge in [0.05, 0.1) is 17.6 Å². The third-order valence-corrected chi connectivity index (χ3v) is 3.86. The predicted molar refractivity (Wildman–Crippen MR) is 95.7 cm³/mol. The molecule has 0 saturated carbocycles. The molecule has 0 unspecified atom stereocenters. The number of carbonyl (C=O) groups excluding carboxylic acids is 1. The Morgan fingerprint density at radius 2 is 1.92 bits per heavy atom. The first-order chi connectivity index (χ1) is 12.3. The molecule has 1 N–H and O–H groups in total. The van der Waals surface area contributed by atoms with E-state index in [0.717, 1.165) is 34.6 Å². The van der Waals surface area contributed by atoms with Crippen molar-refractivity contribution in [3.63, 3.8) is 0 Å². The average Bonchev–Trinajstić information content (AvgIpc) is 3.08. The highest BCUT2D eigenvalue weighted by molar-refractivity contribution is 5.63. The van der Waals surface area contributed by atoms with E-state index in [4.69, 9.17) is 0 Å². The molecule has 0 bridgehead atoms. The number of aldehydes is 1. The Morgan fingerprint density at radius 3 is 2.76 bits per heavy atom. The molecule has 0 amide bonds. The SMILES string of the molecule is O=CCc1ccc(Nc2nccc(-c3cnc4ccccn34)n2)cc1. The topological polar surface area (TPSA) is 72.2 Å². The zero-order valence-corrected chi connectivity index (χ0v) is 13.3. The van der Waals surface area contributed by atoms with Gasteiger partial charge in [0.15, 0.2) is 0 Å². The first kappa shape index (κ1) is 15.0. The van der Waals surface area contributed by atoms with Crippen LogP contribution in [-0.4, -0.2) is 25.6 Å². The fraction of sp³-hybridized carbons (Fsp3) is 0.0526. The van der Waals surface area contributed by atoms with E-state index in [9.17, 15) is 4.79 Å². The summed E-state index contributed by atoms with van der Waals surface area (Å²) in [7, 11) is 0. The average molecular weight is 329 g/mol. The molecule has 25 heavy (non-hydrogen) atoms. The fourth-order valence-corrected chi connectivity index (χ4v) is 2.63. The summed E-state index contributed by atoms with van der Waals surface area (Å²) < 4.78 is 1.99. The Labute approximate surface area is 144 Å². The van der Waals surface area contributed by atoms with Gasteiger partial charge in [-0.05, 0) is 35.9 Å². The third-order valence-electron chi connectivity index (χ3n) is 3.86. The van der Waals surface area contributed by atoms with Crippen molar-refractivity contribution < 1.29 is 4.79 Å². The van der Waals surface area contributed by atoms with Crippen LogP contribution in [0.5, 0.6) is 0 Å². The zero-order chi connectivity index (χ0) is 17.1. The Balaban J connectivity index is 1.62. The minimum absolute atomic E-state index is 0.417. The molecule has 4 rings (SSSR count). The van der Waals surface area contributed by atoms with E-state index in [0.29, 0.717) is 12.4 Å². The van der Waals surface area contributed by atoms with Crippen LogP contribution in [0.25, 0.3) is 17.0 Å². The molecule has 1 aromatic carbocycles. The number of carbonyl (C=O) groups is 1. The summed E-state index contributed by atoms with van der Waals surface area (Å²) >= 11 is 0. The van der Waals surface area contributed by atoms with E-state index in [1.807, 2.05) is 59.1 Å². The van der Waals surface area contributed by atoms with E-state index < -0.39 is 0 Å². The van der Waals surface area contributed by atoms with Crippen molar-refractivity contribution in [2.75, 3.05) is 5.32 Å². The Hall–Kier alpha value is -3.54. The lowest BCUT2D eigenvalue weighted by atomic mass is 10.1. The highest BCUT2D eigenvalue weighted by Gasteiger charge is 2.08. The Kier molecular flexibility index (Phi) is 3.92. The summed E-state index contributed by atoms with van der Waals surface area (Å²) in [4.78, 5) is 23.8. The second kappa shape index (κ2) is 6.52. The standard InChI is InChI=1S/C19H15N5O/c25-12-9-14-4-6-15(7-5-14)22-19-20-10-8-16(23-19)17-13-21-18-3-1-2-11-24(17)18/h1-8,10-13H,9H2,(H,20,22,23). The van der Waals surface area contributed by atoms with Crippen LogP contribution < -0.4 is 5.32 Å². The number of fused-ring (bicyclic) bond motifs is 1. The van der Waals surface area contributed by atoms with Gasteiger partial charge in [-0.1, -0.05) is 18.2 Å². The molecule has 0 saturated heterocycles. The van der Waals surface area contributed by atoms with Crippen LogP contribution in [0, 0.1) is 0 Å². The van der Waals surface area contributed by atoms with Crippen LogP contribution in [-0.2, 0) is 11.2 Å². The van der Waals surface area contributed by atoms with Crippen molar-refractivity contribution in [2.24, 2.45) is 0 Å². The molecule has 0 fully saturated rings. The molecule has 122 valence electrons. The van der Waals surface area contributed by atoms with E-state index >= 15 is 0 Å². The highest BCUT2D eigenvalue weighted by atomic mass is 16.1. The smallest absolute Gasteiger partial charge is 0.227 e. The number of pyridine rings is 1. The second-order valence-electron chi connectivity index (χ2n) is 5.53. The molecule has 0 spiro atoms. The van der Waals surface area contributed by atoms with Gasteiger partial charge in [-0.3, -0.25) is 4.40 Å². The summed E-state index contributed by atoms with van der Waals surface area (Å²) in [5.74, 6) is 0.506. The molecule has 6 heteroatoms.